The molecule has 0 spiro atoms. The molecule has 0 aromatic carbocycles. The lowest BCUT2D eigenvalue weighted by Crippen LogP contribution is -2.28. The first kappa shape index (κ1) is 14.7. The minimum absolute atomic E-state index is 0.262. The number of aromatic nitrogens is 2. The molecule has 0 unspecified atom stereocenters. The number of rotatable bonds is 7. The van der Waals surface area contributed by atoms with Crippen molar-refractivity contribution in [1.82, 2.24) is 9.97 Å². The van der Waals surface area contributed by atoms with Gasteiger partial charge >= 0.3 is 0 Å². The van der Waals surface area contributed by atoms with Crippen molar-refractivity contribution >= 4 is 11.6 Å². The highest BCUT2D eigenvalue weighted by Gasteiger charge is 2.12. The number of nitrogens with two attached hydrogens (primary N) is 1. The maximum absolute atomic E-state index is 5.45. The molecule has 0 atom stereocenters. The van der Waals surface area contributed by atoms with Crippen molar-refractivity contribution < 1.29 is 4.74 Å². The van der Waals surface area contributed by atoms with Crippen molar-refractivity contribution in [2.75, 3.05) is 37.1 Å². The zero-order valence-electron chi connectivity index (χ0n) is 11.6. The predicted octanol–water partition coefficient (Wildman–Crippen LogP) is 1.36. The minimum atomic E-state index is 0.262. The highest BCUT2D eigenvalue weighted by molar-refractivity contribution is 5.49. The number of methoxy groups -OCH3 is 1. The molecular weight excluding hydrogens is 230 g/mol. The van der Waals surface area contributed by atoms with Gasteiger partial charge in [-0.3, -0.25) is 0 Å². The van der Waals surface area contributed by atoms with Gasteiger partial charge in [0.15, 0.2) is 0 Å². The first-order valence-corrected chi connectivity index (χ1v) is 6.21. The van der Waals surface area contributed by atoms with Crippen molar-refractivity contribution in [3.05, 3.63) is 11.9 Å². The highest BCUT2D eigenvalue weighted by Crippen LogP contribution is 2.19. The molecule has 0 amide bonds. The highest BCUT2D eigenvalue weighted by atomic mass is 16.5. The number of hydrogen-bond donors (Lipinski definition) is 2. The lowest BCUT2D eigenvalue weighted by Gasteiger charge is -2.22. The zero-order chi connectivity index (χ0) is 13.5. The van der Waals surface area contributed by atoms with Crippen LogP contribution < -0.4 is 16.2 Å². The average Bonchev–Trinajstić information content (AvgIpc) is 2.39. The van der Waals surface area contributed by atoms with Gasteiger partial charge < -0.3 is 15.1 Å². The van der Waals surface area contributed by atoms with Gasteiger partial charge in [-0.1, -0.05) is 13.8 Å². The van der Waals surface area contributed by atoms with Gasteiger partial charge in [0.1, 0.15) is 17.5 Å². The van der Waals surface area contributed by atoms with Gasteiger partial charge in [-0.25, -0.2) is 15.8 Å². The number of likely N-dealkylation sites (N-methyl/N-ethyl adjacent to an activating group) is 1. The van der Waals surface area contributed by atoms with Crippen LogP contribution in [0, 0.1) is 0 Å². The molecule has 0 fully saturated rings. The Balaban J connectivity index is 3.00. The number of nitrogens with zero attached hydrogens (tertiary/aromatic N) is 3. The van der Waals surface area contributed by atoms with Crippen LogP contribution >= 0.6 is 0 Å². The van der Waals surface area contributed by atoms with Crippen molar-refractivity contribution in [3.63, 3.8) is 0 Å². The molecule has 1 heterocycles. The van der Waals surface area contributed by atoms with Gasteiger partial charge in [-0.2, -0.15) is 0 Å². The van der Waals surface area contributed by atoms with Gasteiger partial charge in [0, 0.05) is 32.2 Å². The SMILES string of the molecule is CCN(CCOC)c1cc(NN)nc(C(C)C)n1. The number of hydrazine groups is 1. The zero-order valence-corrected chi connectivity index (χ0v) is 11.6. The van der Waals surface area contributed by atoms with E-state index in [2.05, 4.69) is 41.1 Å². The fourth-order valence-electron chi connectivity index (χ4n) is 1.58. The average molecular weight is 253 g/mol. The number of nitrogens with one attached hydrogen (secondary N) is 1. The third-order valence-electron chi connectivity index (χ3n) is 2.67. The van der Waals surface area contributed by atoms with Crippen LogP contribution in [0.3, 0.4) is 0 Å². The van der Waals surface area contributed by atoms with Crippen LogP contribution in [0.4, 0.5) is 11.6 Å². The van der Waals surface area contributed by atoms with Gasteiger partial charge in [0.2, 0.25) is 0 Å². The van der Waals surface area contributed by atoms with Crippen LogP contribution in [-0.4, -0.2) is 36.8 Å². The van der Waals surface area contributed by atoms with Crippen molar-refractivity contribution in [3.8, 4) is 0 Å². The number of ether oxygens (including phenoxy) is 1. The Hall–Kier alpha value is -1.40. The molecule has 6 nitrogen and oxygen atoms in total. The molecule has 18 heavy (non-hydrogen) atoms. The van der Waals surface area contributed by atoms with Gasteiger partial charge in [0.25, 0.3) is 0 Å². The van der Waals surface area contributed by atoms with Crippen LogP contribution in [0.15, 0.2) is 6.07 Å². The van der Waals surface area contributed by atoms with Crippen LogP contribution in [0.25, 0.3) is 0 Å². The van der Waals surface area contributed by atoms with Crippen molar-refractivity contribution in [1.29, 1.82) is 0 Å². The summed E-state index contributed by atoms with van der Waals surface area (Å²) in [7, 11) is 1.69. The standard InChI is InChI=1S/C12H23N5O/c1-5-17(6-7-18-4)11-8-10(16-13)14-12(15-11)9(2)3/h8-9H,5-7,13H2,1-4H3,(H,14,15,16). The maximum atomic E-state index is 5.45. The van der Waals surface area contributed by atoms with Crippen LogP contribution in [-0.2, 0) is 4.74 Å². The first-order valence-electron chi connectivity index (χ1n) is 6.21. The van der Waals surface area contributed by atoms with E-state index in [1.807, 2.05) is 6.07 Å². The van der Waals surface area contributed by atoms with Gasteiger partial charge in [-0.05, 0) is 6.92 Å². The Bertz CT molecular complexity index is 369. The Morgan fingerprint density at radius 1 is 1.44 bits per heavy atom. The third-order valence-corrected chi connectivity index (χ3v) is 2.67. The number of nitrogen functional groups attached to an aromatic ring is 1. The molecule has 0 bridgehead atoms. The van der Waals surface area contributed by atoms with Crippen molar-refractivity contribution in [2.45, 2.75) is 26.7 Å². The Morgan fingerprint density at radius 2 is 2.17 bits per heavy atom. The van der Waals surface area contributed by atoms with E-state index in [1.54, 1.807) is 7.11 Å². The summed E-state index contributed by atoms with van der Waals surface area (Å²) in [5, 5.41) is 0. The molecule has 3 N–H and O–H groups in total. The van der Waals surface area contributed by atoms with E-state index in [4.69, 9.17) is 10.6 Å². The Labute approximate surface area is 109 Å². The fourth-order valence-corrected chi connectivity index (χ4v) is 1.58. The second-order valence-electron chi connectivity index (χ2n) is 4.34. The molecule has 1 aromatic rings. The van der Waals surface area contributed by atoms with E-state index in [0.29, 0.717) is 12.4 Å². The monoisotopic (exact) mass is 253 g/mol. The molecule has 6 heteroatoms. The van der Waals surface area contributed by atoms with E-state index >= 15 is 0 Å². The third kappa shape index (κ3) is 3.82. The van der Waals surface area contributed by atoms with E-state index in [9.17, 15) is 0 Å². The number of anilines is 2. The molecule has 1 rings (SSSR count). The Kier molecular flexibility index (Phi) is 5.80. The summed E-state index contributed by atoms with van der Waals surface area (Å²) in [4.78, 5) is 11.0. The second kappa shape index (κ2) is 7.13. The normalized spacial score (nSPS) is 10.8. The molecule has 0 aliphatic rings. The summed E-state index contributed by atoms with van der Waals surface area (Å²) in [5.41, 5.74) is 2.59. The Morgan fingerprint density at radius 3 is 2.67 bits per heavy atom. The first-order chi connectivity index (χ1) is 8.62. The predicted molar refractivity (Wildman–Crippen MR) is 73.7 cm³/mol. The van der Waals surface area contributed by atoms with Crippen molar-refractivity contribution in [2.24, 2.45) is 5.84 Å². The smallest absolute Gasteiger partial charge is 0.145 e. The minimum Gasteiger partial charge on any atom is -0.383 e. The largest absolute Gasteiger partial charge is 0.383 e. The van der Waals surface area contributed by atoms with Gasteiger partial charge in [0.05, 0.1) is 6.61 Å². The molecule has 0 aliphatic carbocycles. The van der Waals surface area contributed by atoms with E-state index < -0.39 is 0 Å². The number of hydrogen-bond acceptors (Lipinski definition) is 6. The van der Waals surface area contributed by atoms with E-state index in [-0.39, 0.29) is 5.92 Å². The lowest BCUT2D eigenvalue weighted by molar-refractivity contribution is 0.205. The molecule has 0 radical (unpaired) electrons. The summed E-state index contributed by atoms with van der Waals surface area (Å²) in [6, 6.07) is 1.85. The van der Waals surface area contributed by atoms with E-state index in [0.717, 1.165) is 24.7 Å². The van der Waals surface area contributed by atoms with Crippen LogP contribution in [0.2, 0.25) is 0 Å². The lowest BCUT2D eigenvalue weighted by atomic mass is 10.2. The molecular formula is C12H23N5O. The fraction of sp³-hybridized carbons (Fsp3) is 0.667. The topological polar surface area (TPSA) is 76.3 Å². The molecule has 1 aromatic heterocycles. The van der Waals surface area contributed by atoms with Gasteiger partial charge in [-0.15, -0.1) is 0 Å². The summed E-state index contributed by atoms with van der Waals surface area (Å²) >= 11 is 0. The summed E-state index contributed by atoms with van der Waals surface area (Å²) in [6.07, 6.45) is 0. The molecule has 102 valence electrons. The van der Waals surface area contributed by atoms with E-state index in [1.165, 1.54) is 0 Å². The van der Waals surface area contributed by atoms with Crippen LogP contribution in [0.5, 0.6) is 0 Å². The second-order valence-corrected chi connectivity index (χ2v) is 4.34. The quantitative estimate of drug-likeness (QED) is 0.564. The summed E-state index contributed by atoms with van der Waals surface area (Å²) in [6.45, 7) is 8.53. The molecule has 0 saturated heterocycles. The summed E-state index contributed by atoms with van der Waals surface area (Å²) in [5.74, 6) is 8.01. The molecule has 0 aliphatic heterocycles. The maximum Gasteiger partial charge on any atom is 0.145 e. The molecule has 0 saturated carbocycles. The summed E-state index contributed by atoms with van der Waals surface area (Å²) < 4.78 is 5.10. The van der Waals surface area contributed by atoms with Crippen LogP contribution in [0.1, 0.15) is 32.5 Å².